The first kappa shape index (κ1) is 20.4. The maximum absolute atomic E-state index is 11.8. The Morgan fingerprint density at radius 2 is 1.96 bits per heavy atom. The Labute approximate surface area is 166 Å². The third-order valence-electron chi connectivity index (χ3n) is 5.58. The second kappa shape index (κ2) is 9.73. The Balaban J connectivity index is 1.71. The highest BCUT2D eigenvalue weighted by atomic mass is 16.5. The van der Waals surface area contributed by atoms with Crippen molar-refractivity contribution in [1.29, 1.82) is 0 Å². The summed E-state index contributed by atoms with van der Waals surface area (Å²) in [6.07, 6.45) is 12.0. The third-order valence-corrected chi connectivity index (χ3v) is 5.58. The molecule has 1 amide bonds. The minimum atomic E-state index is -0.569. The minimum Gasteiger partial charge on any atom is -0.513 e. The van der Waals surface area contributed by atoms with Crippen LogP contribution in [-0.4, -0.2) is 46.3 Å². The van der Waals surface area contributed by atoms with Crippen molar-refractivity contribution in [2.75, 3.05) is 17.7 Å². The number of methoxy groups -OCH3 is 1. The standard InChI is InChI=1S/C20H31N5O3/c1-28-16-9-7-13(8-10-16)24-20-22-12-17(18(21)27)19(25-20)23-14-5-3-2-4-6-15(26)11-14/h6,12-14,16,26H,2-5,7-11H2,1H3,(H2,21,27)(H2,22,23,24,25)/t13-,14-,16-/m0/s1. The van der Waals surface area contributed by atoms with E-state index in [0.29, 0.717) is 30.1 Å². The maximum Gasteiger partial charge on any atom is 0.254 e. The lowest BCUT2D eigenvalue weighted by Crippen LogP contribution is -2.30. The van der Waals surface area contributed by atoms with Crippen molar-refractivity contribution in [1.82, 2.24) is 9.97 Å². The number of aromatic nitrogens is 2. The number of hydrogen-bond acceptors (Lipinski definition) is 7. The summed E-state index contributed by atoms with van der Waals surface area (Å²) in [5, 5.41) is 16.7. The van der Waals surface area contributed by atoms with Crippen LogP contribution in [0.1, 0.15) is 68.1 Å². The number of aliphatic hydroxyl groups is 1. The topological polar surface area (TPSA) is 122 Å². The van der Waals surface area contributed by atoms with Gasteiger partial charge in [-0.2, -0.15) is 4.98 Å². The zero-order valence-electron chi connectivity index (χ0n) is 16.5. The fraction of sp³-hybridized carbons (Fsp3) is 0.650. The summed E-state index contributed by atoms with van der Waals surface area (Å²) in [7, 11) is 1.75. The summed E-state index contributed by atoms with van der Waals surface area (Å²) in [6.45, 7) is 0. The van der Waals surface area contributed by atoms with Gasteiger partial charge in [0.15, 0.2) is 0 Å². The van der Waals surface area contributed by atoms with Crippen molar-refractivity contribution in [3.63, 3.8) is 0 Å². The highest BCUT2D eigenvalue weighted by Gasteiger charge is 2.23. The van der Waals surface area contributed by atoms with Gasteiger partial charge in [0.1, 0.15) is 5.82 Å². The van der Waals surface area contributed by atoms with Crippen LogP contribution in [0.5, 0.6) is 0 Å². The number of nitrogens with one attached hydrogen (secondary N) is 2. The highest BCUT2D eigenvalue weighted by molar-refractivity contribution is 5.97. The lowest BCUT2D eigenvalue weighted by atomic mass is 9.93. The number of hydrogen-bond donors (Lipinski definition) is 4. The molecular weight excluding hydrogens is 358 g/mol. The number of nitrogens with two attached hydrogens (primary N) is 1. The molecule has 0 aliphatic heterocycles. The van der Waals surface area contributed by atoms with Crippen molar-refractivity contribution in [3.8, 4) is 0 Å². The third kappa shape index (κ3) is 5.58. The molecule has 3 rings (SSSR count). The fourth-order valence-corrected chi connectivity index (χ4v) is 3.93. The molecule has 8 nitrogen and oxygen atoms in total. The zero-order chi connectivity index (χ0) is 19.9. The monoisotopic (exact) mass is 389 g/mol. The number of ether oxygens (including phenoxy) is 1. The van der Waals surface area contributed by atoms with E-state index in [-0.39, 0.29) is 17.6 Å². The Morgan fingerprint density at radius 3 is 2.68 bits per heavy atom. The van der Waals surface area contributed by atoms with E-state index in [1.807, 2.05) is 6.08 Å². The number of carbonyl (C=O) groups is 1. The number of aliphatic hydroxyl groups excluding tert-OH is 1. The van der Waals surface area contributed by atoms with Crippen molar-refractivity contribution in [2.45, 2.75) is 76.0 Å². The number of rotatable bonds is 6. The van der Waals surface area contributed by atoms with Crippen LogP contribution in [-0.2, 0) is 4.74 Å². The van der Waals surface area contributed by atoms with Crippen LogP contribution in [0.2, 0.25) is 0 Å². The molecular formula is C20H31N5O3. The first-order valence-electron chi connectivity index (χ1n) is 10.2. The Kier molecular flexibility index (Phi) is 7.08. The molecule has 1 atom stereocenters. The van der Waals surface area contributed by atoms with Crippen molar-refractivity contribution >= 4 is 17.7 Å². The van der Waals surface area contributed by atoms with Crippen LogP contribution in [0.25, 0.3) is 0 Å². The van der Waals surface area contributed by atoms with Gasteiger partial charge in [-0.1, -0.05) is 6.42 Å². The molecule has 1 aromatic heterocycles. The van der Waals surface area contributed by atoms with Gasteiger partial charge in [-0.3, -0.25) is 4.79 Å². The number of nitrogens with zero attached hydrogens (tertiary/aromatic N) is 2. The second-order valence-corrected chi connectivity index (χ2v) is 7.70. The average molecular weight is 390 g/mol. The summed E-state index contributed by atoms with van der Waals surface area (Å²) in [4.78, 5) is 20.6. The largest absolute Gasteiger partial charge is 0.513 e. The summed E-state index contributed by atoms with van der Waals surface area (Å²) in [5.74, 6) is 0.716. The van der Waals surface area contributed by atoms with E-state index in [0.717, 1.165) is 51.4 Å². The molecule has 0 aromatic carbocycles. The van der Waals surface area contributed by atoms with E-state index in [9.17, 15) is 9.90 Å². The van der Waals surface area contributed by atoms with Crippen LogP contribution >= 0.6 is 0 Å². The molecule has 0 unspecified atom stereocenters. The van der Waals surface area contributed by atoms with Crippen LogP contribution in [0.15, 0.2) is 18.0 Å². The van der Waals surface area contributed by atoms with E-state index in [4.69, 9.17) is 10.5 Å². The summed E-state index contributed by atoms with van der Waals surface area (Å²) >= 11 is 0. The molecule has 0 spiro atoms. The molecule has 0 radical (unpaired) electrons. The van der Waals surface area contributed by atoms with Gasteiger partial charge >= 0.3 is 0 Å². The fourth-order valence-electron chi connectivity index (χ4n) is 3.93. The number of primary amides is 1. The summed E-state index contributed by atoms with van der Waals surface area (Å²) < 4.78 is 5.42. The Bertz CT molecular complexity index is 701. The Hall–Kier alpha value is -2.35. The van der Waals surface area contributed by atoms with Crippen molar-refractivity contribution < 1.29 is 14.6 Å². The molecule has 1 saturated carbocycles. The second-order valence-electron chi connectivity index (χ2n) is 7.70. The lowest BCUT2D eigenvalue weighted by molar-refractivity contribution is 0.0681. The minimum absolute atomic E-state index is 0.00505. The molecule has 2 aliphatic rings. The normalized spacial score (nSPS) is 25.9. The van der Waals surface area contributed by atoms with Gasteiger partial charge < -0.3 is 26.2 Å². The van der Waals surface area contributed by atoms with E-state index < -0.39 is 5.91 Å². The molecule has 0 bridgehead atoms. The van der Waals surface area contributed by atoms with E-state index in [1.165, 1.54) is 6.20 Å². The van der Waals surface area contributed by atoms with Crippen LogP contribution in [0.3, 0.4) is 0 Å². The quantitative estimate of drug-likeness (QED) is 0.589. The molecule has 1 fully saturated rings. The molecule has 5 N–H and O–H groups in total. The predicted octanol–water partition coefficient (Wildman–Crippen LogP) is 3.13. The smallest absolute Gasteiger partial charge is 0.254 e. The Morgan fingerprint density at radius 1 is 1.18 bits per heavy atom. The maximum atomic E-state index is 11.8. The van der Waals surface area contributed by atoms with E-state index in [2.05, 4.69) is 20.6 Å². The molecule has 154 valence electrons. The van der Waals surface area contributed by atoms with Gasteiger partial charge in [-0.05, 0) is 51.0 Å². The summed E-state index contributed by atoms with van der Waals surface area (Å²) in [6, 6.07) is 0.279. The van der Waals surface area contributed by atoms with Crippen molar-refractivity contribution in [2.24, 2.45) is 5.73 Å². The molecule has 1 heterocycles. The zero-order valence-corrected chi connectivity index (χ0v) is 16.5. The average Bonchev–Trinajstić information content (AvgIpc) is 2.66. The van der Waals surface area contributed by atoms with Gasteiger partial charge in [0, 0.05) is 31.8 Å². The predicted molar refractivity (Wildman–Crippen MR) is 108 cm³/mol. The van der Waals surface area contributed by atoms with E-state index >= 15 is 0 Å². The van der Waals surface area contributed by atoms with Gasteiger partial charge in [-0.15, -0.1) is 0 Å². The molecule has 28 heavy (non-hydrogen) atoms. The van der Waals surface area contributed by atoms with Gasteiger partial charge in [0.25, 0.3) is 5.91 Å². The molecule has 8 heteroatoms. The van der Waals surface area contributed by atoms with Gasteiger partial charge in [0.05, 0.1) is 17.4 Å². The van der Waals surface area contributed by atoms with Gasteiger partial charge in [-0.25, -0.2) is 4.98 Å². The van der Waals surface area contributed by atoms with Crippen LogP contribution in [0, 0.1) is 0 Å². The first-order chi connectivity index (χ1) is 13.5. The number of anilines is 2. The lowest BCUT2D eigenvalue weighted by Gasteiger charge is -2.28. The van der Waals surface area contributed by atoms with Crippen LogP contribution < -0.4 is 16.4 Å². The summed E-state index contributed by atoms with van der Waals surface area (Å²) in [5.41, 5.74) is 5.78. The number of carbonyl (C=O) groups excluding carboxylic acids is 1. The SMILES string of the molecule is CO[C@H]1CC[C@H](Nc2ncc(C(N)=O)c(N[C@H]3CCCCC=C(O)C3)n2)CC1. The molecule has 1 aromatic rings. The van der Waals surface area contributed by atoms with Crippen molar-refractivity contribution in [3.05, 3.63) is 23.6 Å². The molecule has 2 aliphatic carbocycles. The number of amides is 1. The highest BCUT2D eigenvalue weighted by Crippen LogP contribution is 2.25. The van der Waals surface area contributed by atoms with Gasteiger partial charge in [0.2, 0.25) is 5.95 Å². The first-order valence-corrected chi connectivity index (χ1v) is 10.2. The van der Waals surface area contributed by atoms with Crippen LogP contribution in [0.4, 0.5) is 11.8 Å². The molecule has 0 saturated heterocycles. The van der Waals surface area contributed by atoms with E-state index in [1.54, 1.807) is 7.11 Å². The number of allylic oxidation sites excluding steroid dienone is 1.